The van der Waals surface area contributed by atoms with Crippen LogP contribution in [-0.2, 0) is 10.8 Å². The normalized spacial score (nSPS) is 19.6. The molecular weight excluding hydrogens is 318 g/mol. The minimum atomic E-state index is -1.12. The zero-order valence-electron chi connectivity index (χ0n) is 14.6. The van der Waals surface area contributed by atoms with E-state index < -0.39 is 10.8 Å². The molecule has 0 amide bonds. The van der Waals surface area contributed by atoms with Crippen molar-refractivity contribution in [2.75, 3.05) is 17.2 Å². The van der Waals surface area contributed by atoms with Crippen molar-refractivity contribution in [3.05, 3.63) is 48.0 Å². The summed E-state index contributed by atoms with van der Waals surface area (Å²) in [7, 11) is -1.12. The average molecular weight is 343 g/mol. The molecule has 3 nitrogen and oxygen atoms in total. The van der Waals surface area contributed by atoms with Crippen molar-refractivity contribution in [3.8, 4) is 5.75 Å². The smallest absolute Gasteiger partial charge is 0.119 e. The quantitative estimate of drug-likeness (QED) is 0.873. The fourth-order valence-electron chi connectivity index (χ4n) is 3.39. The zero-order chi connectivity index (χ0) is 17.3. The third kappa shape index (κ3) is 2.95. The number of aryl methyl sites for hydroxylation is 1. The van der Waals surface area contributed by atoms with Crippen LogP contribution in [0.25, 0.3) is 0 Å². The van der Waals surface area contributed by atoms with Crippen molar-refractivity contribution in [1.82, 2.24) is 0 Å². The van der Waals surface area contributed by atoms with E-state index in [1.165, 1.54) is 0 Å². The van der Waals surface area contributed by atoms with Crippen molar-refractivity contribution < 1.29 is 9.32 Å². The Hall–Kier alpha value is -1.81. The number of fused-ring (bicyclic) bond motifs is 1. The van der Waals surface area contributed by atoms with Gasteiger partial charge >= 0.3 is 0 Å². The summed E-state index contributed by atoms with van der Waals surface area (Å²) in [6, 6.07) is 13.9. The fraction of sp³-hybridized carbons (Fsp3) is 0.400. The van der Waals surface area contributed by atoms with E-state index in [-0.39, 0.29) is 11.2 Å². The molecule has 128 valence electrons. The molecule has 4 heteroatoms. The topological polar surface area (TPSA) is 40.5 Å². The van der Waals surface area contributed by atoms with E-state index in [9.17, 15) is 9.32 Å². The van der Waals surface area contributed by atoms with Crippen LogP contribution >= 0.6 is 0 Å². The van der Waals surface area contributed by atoms with Gasteiger partial charge in [0.05, 0.1) is 21.4 Å². The molecule has 2 aromatic carbocycles. The van der Waals surface area contributed by atoms with Gasteiger partial charge in [-0.05, 0) is 55.0 Å². The minimum Gasteiger partial charge on any atom is -0.508 e. The third-order valence-corrected chi connectivity index (χ3v) is 7.00. The molecule has 0 bridgehead atoms. The van der Waals surface area contributed by atoms with Crippen molar-refractivity contribution in [1.29, 1.82) is 0 Å². The summed E-state index contributed by atoms with van der Waals surface area (Å²) in [6.45, 7) is 7.09. The summed E-state index contributed by atoms with van der Waals surface area (Å²) in [5.74, 6) is 0.856. The number of benzene rings is 2. The molecule has 1 aliphatic heterocycles. The number of nitrogens with zero attached hydrogens (tertiary/aromatic N) is 1. The Bertz CT molecular complexity index is 754. The van der Waals surface area contributed by atoms with Gasteiger partial charge in [-0.3, -0.25) is 4.21 Å². The first kappa shape index (κ1) is 17.0. The molecule has 1 heterocycles. The van der Waals surface area contributed by atoms with Gasteiger partial charge in [-0.1, -0.05) is 32.0 Å². The predicted octanol–water partition coefficient (Wildman–Crippen LogP) is 4.77. The van der Waals surface area contributed by atoms with Crippen molar-refractivity contribution >= 4 is 22.2 Å². The summed E-state index contributed by atoms with van der Waals surface area (Å²) < 4.78 is 13.1. The van der Waals surface area contributed by atoms with Crippen LogP contribution in [0.15, 0.2) is 47.4 Å². The van der Waals surface area contributed by atoms with Gasteiger partial charge in [0.25, 0.3) is 0 Å². The molecule has 24 heavy (non-hydrogen) atoms. The molecule has 1 aliphatic rings. The van der Waals surface area contributed by atoms with Gasteiger partial charge in [0.2, 0.25) is 0 Å². The Kier molecular flexibility index (Phi) is 4.68. The first-order valence-corrected chi connectivity index (χ1v) is 9.86. The molecule has 1 unspecified atom stereocenters. The monoisotopic (exact) mass is 343 g/mol. The molecule has 0 saturated carbocycles. The highest BCUT2D eigenvalue weighted by molar-refractivity contribution is 7.85. The minimum absolute atomic E-state index is 0.00322. The largest absolute Gasteiger partial charge is 0.508 e. The summed E-state index contributed by atoms with van der Waals surface area (Å²) in [5, 5.41) is 10.1. The Balaban J connectivity index is 2.22. The number of para-hydroxylation sites is 1. The molecule has 0 radical (unpaired) electrons. The fourth-order valence-corrected chi connectivity index (χ4v) is 5.25. The predicted molar refractivity (Wildman–Crippen MR) is 101 cm³/mol. The molecule has 3 rings (SSSR count). The van der Waals surface area contributed by atoms with Crippen LogP contribution in [0.2, 0.25) is 0 Å². The number of anilines is 2. The van der Waals surface area contributed by atoms with Crippen LogP contribution < -0.4 is 4.90 Å². The highest BCUT2D eigenvalue weighted by atomic mass is 32.2. The maximum atomic E-state index is 13.1. The lowest BCUT2D eigenvalue weighted by molar-refractivity contribution is 0.316. The second-order valence-electron chi connectivity index (χ2n) is 6.73. The van der Waals surface area contributed by atoms with Crippen LogP contribution in [0.1, 0.15) is 32.3 Å². The molecule has 1 N–H and O–H groups in total. The first-order chi connectivity index (χ1) is 11.5. The van der Waals surface area contributed by atoms with E-state index in [0.717, 1.165) is 41.2 Å². The highest BCUT2D eigenvalue weighted by Gasteiger charge is 2.37. The maximum Gasteiger partial charge on any atom is 0.119 e. The van der Waals surface area contributed by atoms with E-state index in [2.05, 4.69) is 30.9 Å². The van der Waals surface area contributed by atoms with Gasteiger partial charge in [0.15, 0.2) is 0 Å². The summed E-state index contributed by atoms with van der Waals surface area (Å²) >= 11 is 0. The number of aromatic hydroxyl groups is 1. The molecule has 0 aromatic heterocycles. The average Bonchev–Trinajstić information content (AvgIpc) is 2.72. The highest BCUT2D eigenvalue weighted by Crippen LogP contribution is 2.43. The number of hydrogen-bond donors (Lipinski definition) is 1. The number of rotatable bonds is 3. The van der Waals surface area contributed by atoms with Crippen LogP contribution in [0, 0.1) is 12.3 Å². The number of phenolic OH excluding ortho intramolecular Hbond substituents is 1. The van der Waals surface area contributed by atoms with E-state index in [0.29, 0.717) is 5.75 Å². The summed E-state index contributed by atoms with van der Waals surface area (Å²) in [4.78, 5) is 3.02. The summed E-state index contributed by atoms with van der Waals surface area (Å²) in [6.07, 6.45) is 1.97. The third-order valence-electron chi connectivity index (χ3n) is 5.31. The van der Waals surface area contributed by atoms with Crippen LogP contribution in [0.3, 0.4) is 0 Å². The van der Waals surface area contributed by atoms with Crippen LogP contribution in [0.5, 0.6) is 5.75 Å². The lowest BCUT2D eigenvalue weighted by atomic mass is 9.83. The Morgan fingerprint density at radius 1 is 1.17 bits per heavy atom. The van der Waals surface area contributed by atoms with E-state index in [1.807, 2.05) is 31.2 Å². The standard InChI is InChI=1S/C20H25NO2S/c1-4-20(5-2)13-21(16-9-7-6-8-10-16)17-11-15(3)18(22)12-19(17)24(23)14-20/h6-12,22H,4-5,13-14H2,1-3H3. The van der Waals surface area contributed by atoms with Gasteiger partial charge in [0, 0.05) is 18.0 Å². The van der Waals surface area contributed by atoms with Gasteiger partial charge in [-0.2, -0.15) is 0 Å². The number of phenols is 1. The molecule has 0 fully saturated rings. The summed E-state index contributed by atoms with van der Waals surface area (Å²) in [5.41, 5.74) is 2.88. The van der Waals surface area contributed by atoms with Gasteiger partial charge in [0.1, 0.15) is 5.75 Å². The lowest BCUT2D eigenvalue weighted by Crippen LogP contribution is -2.36. The molecule has 2 aromatic rings. The van der Waals surface area contributed by atoms with E-state index >= 15 is 0 Å². The van der Waals surface area contributed by atoms with Gasteiger partial charge in [-0.25, -0.2) is 0 Å². The Labute approximate surface area is 146 Å². The SMILES string of the molecule is CCC1(CC)CN(c2ccccc2)c2cc(C)c(O)cc2S(=O)C1. The van der Waals surface area contributed by atoms with Crippen molar-refractivity contribution in [2.24, 2.45) is 5.41 Å². The molecule has 1 atom stereocenters. The molecule has 0 saturated heterocycles. The second-order valence-corrected chi connectivity index (χ2v) is 8.14. The Morgan fingerprint density at radius 2 is 1.83 bits per heavy atom. The Morgan fingerprint density at radius 3 is 2.46 bits per heavy atom. The van der Waals surface area contributed by atoms with Crippen molar-refractivity contribution in [3.63, 3.8) is 0 Å². The zero-order valence-corrected chi connectivity index (χ0v) is 15.4. The molecular formula is C20H25NO2S. The first-order valence-electron chi connectivity index (χ1n) is 8.54. The molecule has 0 spiro atoms. The van der Waals surface area contributed by atoms with Gasteiger partial charge in [-0.15, -0.1) is 0 Å². The number of hydrogen-bond acceptors (Lipinski definition) is 3. The van der Waals surface area contributed by atoms with Crippen LogP contribution in [-0.4, -0.2) is 21.6 Å². The van der Waals surface area contributed by atoms with E-state index in [1.54, 1.807) is 6.07 Å². The maximum absolute atomic E-state index is 13.1. The lowest BCUT2D eigenvalue weighted by Gasteiger charge is -2.35. The van der Waals surface area contributed by atoms with E-state index in [4.69, 9.17) is 0 Å². The van der Waals surface area contributed by atoms with Gasteiger partial charge < -0.3 is 10.0 Å². The second kappa shape index (κ2) is 6.60. The molecule has 0 aliphatic carbocycles. The van der Waals surface area contributed by atoms with Crippen molar-refractivity contribution in [2.45, 2.75) is 38.5 Å². The van der Waals surface area contributed by atoms with Crippen LogP contribution in [0.4, 0.5) is 11.4 Å².